The van der Waals surface area contributed by atoms with Crippen molar-refractivity contribution < 1.29 is 9.59 Å². The van der Waals surface area contributed by atoms with Crippen molar-refractivity contribution >= 4 is 11.6 Å². The molecule has 3 aliphatic carbocycles. The van der Waals surface area contributed by atoms with Crippen LogP contribution in [0.5, 0.6) is 0 Å². The lowest BCUT2D eigenvalue weighted by atomic mass is 9.68. The van der Waals surface area contributed by atoms with Crippen LogP contribution >= 0.6 is 0 Å². The van der Waals surface area contributed by atoms with E-state index in [9.17, 15) is 9.59 Å². The fourth-order valence-corrected chi connectivity index (χ4v) is 3.78. The molecule has 0 amide bonds. The minimum atomic E-state index is 0.283. The number of hydrogen-bond donors (Lipinski definition) is 0. The zero-order chi connectivity index (χ0) is 12.5. The van der Waals surface area contributed by atoms with E-state index < -0.39 is 0 Å². The largest absolute Gasteiger partial charge is 0.295 e. The summed E-state index contributed by atoms with van der Waals surface area (Å²) < 4.78 is 0. The van der Waals surface area contributed by atoms with Crippen LogP contribution in [0.2, 0.25) is 0 Å². The van der Waals surface area contributed by atoms with Gasteiger partial charge in [-0.15, -0.1) is 0 Å². The first-order chi connectivity index (χ1) is 8.72. The first-order valence-corrected chi connectivity index (χ1v) is 7.16. The summed E-state index contributed by atoms with van der Waals surface area (Å²) >= 11 is 0. The number of ketones is 2. The molecule has 0 unspecified atom stereocenters. The standard InChI is InChI=1S/C16H20O2/c17-15-6-3-11(4-7-15)12-1-2-14-10-16(18)8-5-13(14)9-12/h3,6,10-13H,1-2,4-5,7-9H2/t11-,12-,13+/m0/s1. The van der Waals surface area contributed by atoms with Crippen LogP contribution in [0.15, 0.2) is 23.8 Å². The van der Waals surface area contributed by atoms with Gasteiger partial charge in [0.05, 0.1) is 0 Å². The van der Waals surface area contributed by atoms with Gasteiger partial charge in [0.15, 0.2) is 11.6 Å². The molecule has 0 spiro atoms. The SMILES string of the molecule is O=C1C=C2CC[C@H]([C@H]3C=CC(=O)CC3)C[C@H]2CC1. The number of carbonyl (C=O) groups is 2. The second kappa shape index (κ2) is 4.83. The summed E-state index contributed by atoms with van der Waals surface area (Å²) in [6, 6.07) is 0. The maximum atomic E-state index is 11.4. The minimum Gasteiger partial charge on any atom is -0.295 e. The molecule has 0 heterocycles. The predicted octanol–water partition coefficient (Wildman–Crippen LogP) is 3.23. The normalized spacial score (nSPS) is 36.2. The summed E-state index contributed by atoms with van der Waals surface area (Å²) in [6.07, 6.45) is 12.9. The second-order valence-corrected chi connectivity index (χ2v) is 5.98. The average molecular weight is 244 g/mol. The van der Waals surface area contributed by atoms with E-state index in [1.54, 1.807) is 6.08 Å². The lowest BCUT2D eigenvalue weighted by Gasteiger charge is -2.37. The lowest BCUT2D eigenvalue weighted by Crippen LogP contribution is -2.27. The maximum Gasteiger partial charge on any atom is 0.155 e. The fourth-order valence-electron chi connectivity index (χ4n) is 3.78. The third-order valence-corrected chi connectivity index (χ3v) is 4.86. The van der Waals surface area contributed by atoms with Crippen molar-refractivity contribution in [3.05, 3.63) is 23.8 Å². The topological polar surface area (TPSA) is 34.1 Å². The summed E-state index contributed by atoms with van der Waals surface area (Å²) in [5, 5.41) is 0. The van der Waals surface area contributed by atoms with Crippen molar-refractivity contribution in [2.24, 2.45) is 17.8 Å². The second-order valence-electron chi connectivity index (χ2n) is 5.98. The van der Waals surface area contributed by atoms with E-state index in [0.29, 0.717) is 17.6 Å². The molecule has 3 aliphatic rings. The van der Waals surface area contributed by atoms with Crippen molar-refractivity contribution in [2.75, 3.05) is 0 Å². The van der Waals surface area contributed by atoms with Crippen LogP contribution < -0.4 is 0 Å². The number of rotatable bonds is 1. The molecule has 0 aromatic carbocycles. The number of allylic oxidation sites excluding steroid dienone is 4. The molecule has 3 atom stereocenters. The van der Waals surface area contributed by atoms with Crippen LogP contribution in [-0.4, -0.2) is 11.6 Å². The van der Waals surface area contributed by atoms with Gasteiger partial charge in [0.25, 0.3) is 0 Å². The molecule has 3 rings (SSSR count). The predicted molar refractivity (Wildman–Crippen MR) is 70.0 cm³/mol. The zero-order valence-electron chi connectivity index (χ0n) is 10.7. The number of hydrogen-bond acceptors (Lipinski definition) is 2. The highest BCUT2D eigenvalue weighted by Gasteiger charge is 2.33. The zero-order valence-corrected chi connectivity index (χ0v) is 10.7. The fraction of sp³-hybridized carbons (Fsp3) is 0.625. The smallest absolute Gasteiger partial charge is 0.155 e. The number of carbonyl (C=O) groups excluding carboxylic acids is 2. The van der Waals surface area contributed by atoms with Gasteiger partial charge in [0.2, 0.25) is 0 Å². The Morgan fingerprint density at radius 1 is 0.944 bits per heavy atom. The summed E-state index contributed by atoms with van der Waals surface area (Å²) in [4.78, 5) is 22.6. The van der Waals surface area contributed by atoms with E-state index >= 15 is 0 Å². The van der Waals surface area contributed by atoms with E-state index in [2.05, 4.69) is 6.08 Å². The molecule has 0 radical (unpaired) electrons. The van der Waals surface area contributed by atoms with Crippen molar-refractivity contribution in [2.45, 2.75) is 44.9 Å². The van der Waals surface area contributed by atoms with Crippen LogP contribution in [0.3, 0.4) is 0 Å². The van der Waals surface area contributed by atoms with Gasteiger partial charge in [-0.2, -0.15) is 0 Å². The Kier molecular flexibility index (Phi) is 3.19. The van der Waals surface area contributed by atoms with Gasteiger partial charge in [-0.3, -0.25) is 9.59 Å². The molecule has 0 bridgehead atoms. The van der Waals surface area contributed by atoms with Crippen molar-refractivity contribution in [1.29, 1.82) is 0 Å². The van der Waals surface area contributed by atoms with Gasteiger partial charge in [-0.05, 0) is 62.0 Å². The third-order valence-electron chi connectivity index (χ3n) is 4.86. The molecule has 0 aromatic heterocycles. The summed E-state index contributed by atoms with van der Waals surface area (Å²) in [6.45, 7) is 0. The molecule has 1 fully saturated rings. The van der Waals surface area contributed by atoms with Crippen LogP contribution in [0.1, 0.15) is 44.9 Å². The molecule has 0 aromatic rings. The highest BCUT2D eigenvalue weighted by atomic mass is 16.1. The summed E-state index contributed by atoms with van der Waals surface area (Å²) in [5.41, 5.74) is 1.40. The van der Waals surface area contributed by atoms with Crippen LogP contribution in [-0.2, 0) is 9.59 Å². The van der Waals surface area contributed by atoms with Gasteiger partial charge in [-0.25, -0.2) is 0 Å². The van der Waals surface area contributed by atoms with E-state index in [1.807, 2.05) is 6.08 Å². The Balaban J connectivity index is 1.68. The number of fused-ring (bicyclic) bond motifs is 1. The van der Waals surface area contributed by atoms with Crippen LogP contribution in [0, 0.1) is 17.8 Å². The van der Waals surface area contributed by atoms with Gasteiger partial charge >= 0.3 is 0 Å². The quantitative estimate of drug-likeness (QED) is 0.709. The molecule has 0 saturated heterocycles. The van der Waals surface area contributed by atoms with Gasteiger partial charge in [0.1, 0.15) is 0 Å². The summed E-state index contributed by atoms with van der Waals surface area (Å²) in [7, 11) is 0. The molecule has 1 saturated carbocycles. The van der Waals surface area contributed by atoms with Crippen molar-refractivity contribution in [3.63, 3.8) is 0 Å². The first-order valence-electron chi connectivity index (χ1n) is 7.16. The molecule has 0 N–H and O–H groups in total. The van der Waals surface area contributed by atoms with Gasteiger partial charge < -0.3 is 0 Å². The van der Waals surface area contributed by atoms with E-state index in [0.717, 1.165) is 38.0 Å². The summed E-state index contributed by atoms with van der Waals surface area (Å²) in [5.74, 6) is 2.58. The molecular weight excluding hydrogens is 224 g/mol. The highest BCUT2D eigenvalue weighted by Crippen LogP contribution is 2.43. The molecule has 0 aliphatic heterocycles. The molecule has 2 nitrogen and oxygen atoms in total. The van der Waals surface area contributed by atoms with Gasteiger partial charge in [-0.1, -0.05) is 11.6 Å². The Morgan fingerprint density at radius 3 is 2.56 bits per heavy atom. The molecular formula is C16H20O2. The molecule has 96 valence electrons. The first kappa shape index (κ1) is 11.9. The Morgan fingerprint density at radius 2 is 1.78 bits per heavy atom. The van der Waals surface area contributed by atoms with Gasteiger partial charge in [0, 0.05) is 12.8 Å². The third kappa shape index (κ3) is 2.33. The minimum absolute atomic E-state index is 0.283. The van der Waals surface area contributed by atoms with E-state index in [4.69, 9.17) is 0 Å². The Bertz CT molecular complexity index is 430. The van der Waals surface area contributed by atoms with Crippen molar-refractivity contribution in [3.8, 4) is 0 Å². The van der Waals surface area contributed by atoms with E-state index in [-0.39, 0.29) is 5.78 Å². The average Bonchev–Trinajstić information content (AvgIpc) is 2.39. The lowest BCUT2D eigenvalue weighted by molar-refractivity contribution is -0.116. The Hall–Kier alpha value is -1.18. The van der Waals surface area contributed by atoms with E-state index in [1.165, 1.54) is 18.4 Å². The van der Waals surface area contributed by atoms with Crippen molar-refractivity contribution in [1.82, 2.24) is 0 Å². The molecule has 2 heteroatoms. The monoisotopic (exact) mass is 244 g/mol. The van der Waals surface area contributed by atoms with Crippen LogP contribution in [0.25, 0.3) is 0 Å². The molecule has 18 heavy (non-hydrogen) atoms. The van der Waals surface area contributed by atoms with Crippen LogP contribution in [0.4, 0.5) is 0 Å². The highest BCUT2D eigenvalue weighted by molar-refractivity contribution is 5.91. The Labute approximate surface area is 108 Å². The maximum absolute atomic E-state index is 11.4.